The molecule has 0 bridgehead atoms. The van der Waals surface area contributed by atoms with Crippen molar-refractivity contribution >= 4 is 5.82 Å². The molecular weight excluding hydrogens is 226 g/mol. The fourth-order valence-electron chi connectivity index (χ4n) is 1.90. The van der Waals surface area contributed by atoms with Gasteiger partial charge in [0.15, 0.2) is 0 Å². The average Bonchev–Trinajstić information content (AvgIpc) is 2.38. The van der Waals surface area contributed by atoms with Gasteiger partial charge in [-0.25, -0.2) is 4.98 Å². The summed E-state index contributed by atoms with van der Waals surface area (Å²) in [7, 11) is 3.77. The van der Waals surface area contributed by atoms with Crippen molar-refractivity contribution in [3.8, 4) is 0 Å². The Morgan fingerprint density at radius 1 is 1.50 bits per heavy atom. The van der Waals surface area contributed by atoms with Gasteiger partial charge in [-0.3, -0.25) is 0 Å². The van der Waals surface area contributed by atoms with Crippen LogP contribution in [0.5, 0.6) is 0 Å². The Labute approximate surface area is 110 Å². The second kappa shape index (κ2) is 7.34. The molecule has 0 aliphatic rings. The Kier molecular flexibility index (Phi) is 6.09. The molecule has 1 aromatic heterocycles. The quantitative estimate of drug-likeness (QED) is 0.803. The first-order valence-corrected chi connectivity index (χ1v) is 6.51. The SMILES string of the molecule is CCC(N)Cc1cccnc1N(C)C(C)COC. The molecule has 0 radical (unpaired) electrons. The fraction of sp³-hybridized carbons (Fsp3) is 0.643. The van der Waals surface area contributed by atoms with Crippen LogP contribution < -0.4 is 10.6 Å². The molecule has 2 unspecified atom stereocenters. The van der Waals surface area contributed by atoms with E-state index in [0.717, 1.165) is 18.7 Å². The van der Waals surface area contributed by atoms with E-state index < -0.39 is 0 Å². The Morgan fingerprint density at radius 2 is 2.22 bits per heavy atom. The van der Waals surface area contributed by atoms with Gasteiger partial charge in [-0.2, -0.15) is 0 Å². The summed E-state index contributed by atoms with van der Waals surface area (Å²) in [4.78, 5) is 6.64. The van der Waals surface area contributed by atoms with Crippen molar-refractivity contribution in [2.75, 3.05) is 25.7 Å². The molecule has 0 aromatic carbocycles. The largest absolute Gasteiger partial charge is 0.383 e. The third-order valence-electron chi connectivity index (χ3n) is 3.28. The first-order valence-electron chi connectivity index (χ1n) is 6.51. The van der Waals surface area contributed by atoms with Crippen molar-refractivity contribution < 1.29 is 4.74 Å². The smallest absolute Gasteiger partial charge is 0.131 e. The molecule has 0 amide bonds. The zero-order valence-electron chi connectivity index (χ0n) is 11.9. The van der Waals surface area contributed by atoms with Gasteiger partial charge < -0.3 is 15.4 Å². The average molecular weight is 251 g/mol. The lowest BCUT2D eigenvalue weighted by molar-refractivity contribution is 0.183. The molecule has 1 rings (SSSR count). The minimum Gasteiger partial charge on any atom is -0.383 e. The van der Waals surface area contributed by atoms with Crippen LogP contribution in [0.15, 0.2) is 18.3 Å². The van der Waals surface area contributed by atoms with E-state index >= 15 is 0 Å². The number of rotatable bonds is 7. The van der Waals surface area contributed by atoms with Crippen LogP contribution in [0.2, 0.25) is 0 Å². The van der Waals surface area contributed by atoms with Crippen molar-refractivity contribution in [1.82, 2.24) is 4.98 Å². The number of ether oxygens (including phenoxy) is 1. The van der Waals surface area contributed by atoms with Crippen molar-refractivity contribution in [2.45, 2.75) is 38.8 Å². The number of nitrogens with two attached hydrogens (primary N) is 1. The molecule has 0 aliphatic heterocycles. The van der Waals surface area contributed by atoms with Gasteiger partial charge in [0, 0.05) is 26.4 Å². The molecular formula is C14H25N3O. The molecule has 1 aromatic rings. The van der Waals surface area contributed by atoms with Crippen LogP contribution in [0.3, 0.4) is 0 Å². The minimum absolute atomic E-state index is 0.194. The topological polar surface area (TPSA) is 51.4 Å². The summed E-state index contributed by atoms with van der Waals surface area (Å²) in [6.45, 7) is 4.92. The molecule has 1 heterocycles. The molecule has 2 atom stereocenters. The zero-order chi connectivity index (χ0) is 13.5. The highest BCUT2D eigenvalue weighted by molar-refractivity contribution is 5.47. The van der Waals surface area contributed by atoms with E-state index in [-0.39, 0.29) is 6.04 Å². The number of methoxy groups -OCH3 is 1. The van der Waals surface area contributed by atoms with E-state index in [0.29, 0.717) is 12.6 Å². The fourth-order valence-corrected chi connectivity index (χ4v) is 1.90. The summed E-state index contributed by atoms with van der Waals surface area (Å²) in [5, 5.41) is 0. The van der Waals surface area contributed by atoms with E-state index in [2.05, 4.69) is 29.8 Å². The number of aromatic nitrogens is 1. The lowest BCUT2D eigenvalue weighted by Crippen LogP contribution is -2.34. The lowest BCUT2D eigenvalue weighted by Gasteiger charge is -2.27. The summed E-state index contributed by atoms with van der Waals surface area (Å²) in [5.41, 5.74) is 7.24. The Morgan fingerprint density at radius 3 is 2.83 bits per heavy atom. The standard InChI is InChI=1S/C14H25N3O/c1-5-13(15)9-12-7-6-8-16-14(12)17(3)11(2)10-18-4/h6-8,11,13H,5,9-10,15H2,1-4H3. The second-order valence-electron chi connectivity index (χ2n) is 4.77. The Hall–Kier alpha value is -1.13. The summed E-state index contributed by atoms with van der Waals surface area (Å²) >= 11 is 0. The molecule has 0 fully saturated rings. The normalized spacial score (nSPS) is 14.3. The molecule has 4 nitrogen and oxygen atoms in total. The third-order valence-corrected chi connectivity index (χ3v) is 3.28. The highest BCUT2D eigenvalue weighted by atomic mass is 16.5. The number of hydrogen-bond acceptors (Lipinski definition) is 4. The van der Waals surface area contributed by atoms with E-state index in [1.807, 2.05) is 19.3 Å². The maximum absolute atomic E-state index is 6.04. The molecule has 18 heavy (non-hydrogen) atoms. The van der Waals surface area contributed by atoms with E-state index in [1.165, 1.54) is 5.56 Å². The van der Waals surface area contributed by atoms with Gasteiger partial charge in [-0.05, 0) is 31.4 Å². The van der Waals surface area contributed by atoms with Crippen LogP contribution in [0, 0.1) is 0 Å². The van der Waals surface area contributed by atoms with Gasteiger partial charge in [0.1, 0.15) is 5.82 Å². The number of hydrogen-bond donors (Lipinski definition) is 1. The van der Waals surface area contributed by atoms with Gasteiger partial charge in [-0.1, -0.05) is 13.0 Å². The van der Waals surface area contributed by atoms with Gasteiger partial charge in [0.05, 0.1) is 12.6 Å². The molecule has 4 heteroatoms. The highest BCUT2D eigenvalue weighted by Gasteiger charge is 2.15. The first-order chi connectivity index (χ1) is 8.60. The molecule has 0 spiro atoms. The lowest BCUT2D eigenvalue weighted by atomic mass is 10.0. The number of likely N-dealkylation sites (N-methyl/N-ethyl adjacent to an activating group) is 1. The molecule has 0 aliphatic carbocycles. The van der Waals surface area contributed by atoms with Gasteiger partial charge >= 0.3 is 0 Å². The van der Waals surface area contributed by atoms with Crippen molar-refractivity contribution in [2.24, 2.45) is 5.73 Å². The molecule has 0 saturated carbocycles. The number of pyridine rings is 1. The van der Waals surface area contributed by atoms with Crippen LogP contribution in [-0.2, 0) is 11.2 Å². The van der Waals surface area contributed by atoms with Crippen molar-refractivity contribution in [3.63, 3.8) is 0 Å². The van der Waals surface area contributed by atoms with Crippen LogP contribution in [0.1, 0.15) is 25.8 Å². The Balaban J connectivity index is 2.86. The Bertz CT molecular complexity index is 357. The van der Waals surface area contributed by atoms with Crippen LogP contribution in [0.25, 0.3) is 0 Å². The van der Waals surface area contributed by atoms with Crippen LogP contribution in [-0.4, -0.2) is 37.8 Å². The summed E-state index contributed by atoms with van der Waals surface area (Å²) in [5.74, 6) is 1.01. The number of anilines is 1. The minimum atomic E-state index is 0.194. The second-order valence-corrected chi connectivity index (χ2v) is 4.77. The first kappa shape index (κ1) is 14.9. The summed E-state index contributed by atoms with van der Waals surface area (Å²) in [6, 6.07) is 4.56. The maximum atomic E-state index is 6.04. The van der Waals surface area contributed by atoms with Crippen LogP contribution >= 0.6 is 0 Å². The zero-order valence-corrected chi connectivity index (χ0v) is 11.9. The molecule has 2 N–H and O–H groups in total. The third kappa shape index (κ3) is 3.96. The van der Waals surface area contributed by atoms with Gasteiger partial charge in [-0.15, -0.1) is 0 Å². The highest BCUT2D eigenvalue weighted by Crippen LogP contribution is 2.19. The monoisotopic (exact) mass is 251 g/mol. The van der Waals surface area contributed by atoms with Crippen LogP contribution in [0.4, 0.5) is 5.82 Å². The van der Waals surface area contributed by atoms with E-state index in [4.69, 9.17) is 10.5 Å². The van der Waals surface area contributed by atoms with Crippen molar-refractivity contribution in [3.05, 3.63) is 23.9 Å². The number of nitrogens with zero attached hydrogens (tertiary/aromatic N) is 2. The van der Waals surface area contributed by atoms with E-state index in [9.17, 15) is 0 Å². The van der Waals surface area contributed by atoms with Gasteiger partial charge in [0.2, 0.25) is 0 Å². The van der Waals surface area contributed by atoms with Crippen molar-refractivity contribution in [1.29, 1.82) is 0 Å². The summed E-state index contributed by atoms with van der Waals surface area (Å²) in [6.07, 6.45) is 3.67. The summed E-state index contributed by atoms with van der Waals surface area (Å²) < 4.78 is 5.19. The maximum Gasteiger partial charge on any atom is 0.131 e. The molecule has 102 valence electrons. The predicted molar refractivity (Wildman–Crippen MR) is 75.9 cm³/mol. The van der Waals surface area contributed by atoms with E-state index in [1.54, 1.807) is 7.11 Å². The molecule has 0 saturated heterocycles. The van der Waals surface area contributed by atoms with Gasteiger partial charge in [0.25, 0.3) is 0 Å². The predicted octanol–water partition coefficient (Wildman–Crippen LogP) is 1.83.